The Morgan fingerprint density at radius 2 is 0.879 bits per heavy atom. The lowest BCUT2D eigenvalue weighted by molar-refractivity contribution is -0.0380. The van der Waals surface area contributed by atoms with Crippen LogP contribution in [0, 0.1) is 0 Å². The second-order valence-corrected chi connectivity index (χ2v) is 7.46. The molecule has 0 fully saturated rings. The predicted octanol–water partition coefficient (Wildman–Crippen LogP) is 0.551. The maximum atomic E-state index is 11.3. The third kappa shape index (κ3) is 28.9. The molecule has 0 rings (SSSR count). The summed E-state index contributed by atoms with van der Waals surface area (Å²) in [6.07, 6.45) is -0.635. The number of hydrogen-bond acceptors (Lipinski definition) is 11. The zero-order chi connectivity index (χ0) is 24.5. The smallest absolute Gasteiger partial charge is 0.431 e. The van der Waals surface area contributed by atoms with Gasteiger partial charge < -0.3 is 43.0 Å². The molecule has 0 unspecified atom stereocenters. The highest BCUT2D eigenvalue weighted by molar-refractivity contribution is 5.66. The number of aliphatic hydroxyl groups is 1. The van der Waals surface area contributed by atoms with Crippen molar-refractivity contribution in [3.8, 4) is 0 Å². The monoisotopic (exact) mass is 485 g/mol. The molecule has 0 aliphatic heterocycles. The number of hydroxylamine groups is 1. The largest absolute Gasteiger partial charge is 0.442 e. The molecule has 0 aliphatic carbocycles. The van der Waals surface area contributed by atoms with Gasteiger partial charge in [-0.3, -0.25) is 4.84 Å². The number of amides is 1. The molecule has 0 spiro atoms. The van der Waals surface area contributed by atoms with Crippen LogP contribution in [0.4, 0.5) is 4.79 Å². The fraction of sp³-hybridized carbons (Fsp3) is 0.952. The van der Waals surface area contributed by atoms with Gasteiger partial charge in [-0.2, -0.15) is 5.48 Å². The van der Waals surface area contributed by atoms with Gasteiger partial charge in [0.15, 0.2) is 0 Å². The van der Waals surface area contributed by atoms with Crippen molar-refractivity contribution in [1.82, 2.24) is 5.48 Å². The Hall–Kier alpha value is -1.09. The van der Waals surface area contributed by atoms with Crippen molar-refractivity contribution in [3.05, 3.63) is 0 Å². The van der Waals surface area contributed by atoms with E-state index >= 15 is 0 Å². The second kappa shape index (κ2) is 24.0. The van der Waals surface area contributed by atoms with Crippen LogP contribution >= 0.6 is 0 Å². The Morgan fingerprint density at radius 1 is 0.576 bits per heavy atom. The summed E-state index contributed by atoms with van der Waals surface area (Å²) in [4.78, 5) is 16.3. The lowest BCUT2D eigenvalue weighted by atomic mass is 10.2. The average molecular weight is 486 g/mol. The van der Waals surface area contributed by atoms with Gasteiger partial charge in [0.1, 0.15) is 5.60 Å². The Bertz CT molecular complexity index is 422. The number of nitrogens with one attached hydrogen (secondary N) is 1. The molecule has 1 amide bonds. The molecule has 0 bridgehead atoms. The van der Waals surface area contributed by atoms with Crippen molar-refractivity contribution in [2.24, 2.45) is 0 Å². The lowest BCUT2D eigenvalue weighted by Gasteiger charge is -2.19. The van der Waals surface area contributed by atoms with Crippen LogP contribution in [0.1, 0.15) is 20.8 Å². The summed E-state index contributed by atoms with van der Waals surface area (Å²) in [5, 5.41) is 8.54. The number of carbonyl (C=O) groups excluding carboxylic acids is 1. The van der Waals surface area contributed by atoms with E-state index in [1.165, 1.54) is 0 Å². The van der Waals surface area contributed by atoms with E-state index in [0.717, 1.165) is 0 Å². The first-order chi connectivity index (χ1) is 16.0. The van der Waals surface area contributed by atoms with Crippen molar-refractivity contribution in [3.63, 3.8) is 0 Å². The first-order valence-electron chi connectivity index (χ1n) is 11.2. The standard InChI is InChI=1S/C21H43NO11/c1-21(2,3)33-20(24)22-32-19-18-31-17-16-30-15-14-29-13-12-28-11-10-27-9-8-26-7-6-25-5-4-23/h23H,4-19H2,1-3H3,(H,22,24). The van der Waals surface area contributed by atoms with Crippen molar-refractivity contribution >= 4 is 6.09 Å². The number of rotatable bonds is 24. The number of hydrogen-bond donors (Lipinski definition) is 2. The van der Waals surface area contributed by atoms with Gasteiger partial charge in [0, 0.05) is 0 Å². The van der Waals surface area contributed by atoms with Crippen LogP contribution in [0.2, 0.25) is 0 Å². The first-order valence-corrected chi connectivity index (χ1v) is 11.2. The number of aliphatic hydroxyl groups excluding tert-OH is 1. The summed E-state index contributed by atoms with van der Waals surface area (Å²) in [5.74, 6) is 0. The molecule has 0 aromatic heterocycles. The van der Waals surface area contributed by atoms with Crippen molar-refractivity contribution in [2.75, 3.05) is 106 Å². The molecule has 0 saturated carbocycles. The molecule has 0 aromatic rings. The predicted molar refractivity (Wildman–Crippen MR) is 118 cm³/mol. The molecule has 0 saturated heterocycles. The minimum absolute atomic E-state index is 0.0220. The fourth-order valence-electron chi connectivity index (χ4n) is 2.00. The number of ether oxygens (including phenoxy) is 8. The third-order valence-electron chi connectivity index (χ3n) is 3.35. The maximum Gasteiger partial charge on any atom is 0.431 e. The normalized spacial score (nSPS) is 11.6. The first kappa shape index (κ1) is 31.9. The van der Waals surface area contributed by atoms with E-state index in [2.05, 4.69) is 5.48 Å². The Labute approximate surface area is 197 Å². The van der Waals surface area contributed by atoms with E-state index < -0.39 is 11.7 Å². The highest BCUT2D eigenvalue weighted by atomic mass is 16.7. The molecule has 12 heteroatoms. The topological polar surface area (TPSA) is 132 Å². The SMILES string of the molecule is CC(C)(C)OC(=O)NOCCOCCOCCOCCOCCOCCOCCOCCO. The van der Waals surface area contributed by atoms with Crippen molar-refractivity contribution in [2.45, 2.75) is 26.4 Å². The fourth-order valence-corrected chi connectivity index (χ4v) is 2.00. The van der Waals surface area contributed by atoms with E-state index in [1.807, 2.05) is 0 Å². The summed E-state index contributed by atoms with van der Waals surface area (Å²) in [5.41, 5.74) is 1.61. The van der Waals surface area contributed by atoms with Crippen LogP contribution in [-0.2, 0) is 42.7 Å². The molecule has 0 heterocycles. The summed E-state index contributed by atoms with van der Waals surface area (Å²) in [6, 6.07) is 0. The molecule has 0 radical (unpaired) electrons. The van der Waals surface area contributed by atoms with E-state index in [1.54, 1.807) is 20.8 Å². The highest BCUT2D eigenvalue weighted by Gasteiger charge is 2.15. The molecular weight excluding hydrogens is 442 g/mol. The van der Waals surface area contributed by atoms with E-state index in [-0.39, 0.29) is 13.2 Å². The Morgan fingerprint density at radius 3 is 1.18 bits per heavy atom. The number of carbonyl (C=O) groups is 1. The lowest BCUT2D eigenvalue weighted by Crippen LogP contribution is -2.33. The van der Waals surface area contributed by atoms with Gasteiger partial charge >= 0.3 is 6.09 Å². The molecule has 12 nitrogen and oxygen atoms in total. The van der Waals surface area contributed by atoms with E-state index in [0.29, 0.717) is 92.5 Å². The zero-order valence-electron chi connectivity index (χ0n) is 20.3. The quantitative estimate of drug-likeness (QED) is 0.147. The van der Waals surface area contributed by atoms with Gasteiger partial charge in [-0.1, -0.05) is 0 Å². The van der Waals surface area contributed by atoms with Gasteiger partial charge in [0.2, 0.25) is 0 Å². The Balaban J connectivity index is 3.10. The summed E-state index contributed by atoms with van der Waals surface area (Å²) < 4.78 is 42.2. The average Bonchev–Trinajstić information content (AvgIpc) is 2.75. The molecular formula is C21H43NO11. The van der Waals surface area contributed by atoms with Crippen LogP contribution < -0.4 is 5.48 Å². The highest BCUT2D eigenvalue weighted by Crippen LogP contribution is 2.06. The summed E-state index contributed by atoms with van der Waals surface area (Å²) in [7, 11) is 0. The van der Waals surface area contributed by atoms with Gasteiger partial charge in [0.05, 0.1) is 106 Å². The summed E-state index contributed by atoms with van der Waals surface area (Å²) >= 11 is 0. The minimum Gasteiger partial charge on any atom is -0.442 e. The van der Waals surface area contributed by atoms with E-state index in [4.69, 9.17) is 47.8 Å². The zero-order valence-corrected chi connectivity index (χ0v) is 20.3. The van der Waals surface area contributed by atoms with Gasteiger partial charge in [-0.15, -0.1) is 0 Å². The van der Waals surface area contributed by atoms with Gasteiger partial charge in [0.25, 0.3) is 0 Å². The van der Waals surface area contributed by atoms with Crippen LogP contribution in [0.15, 0.2) is 0 Å². The molecule has 0 atom stereocenters. The molecule has 2 N–H and O–H groups in total. The second-order valence-electron chi connectivity index (χ2n) is 7.46. The van der Waals surface area contributed by atoms with Gasteiger partial charge in [-0.05, 0) is 20.8 Å². The molecule has 0 aliphatic rings. The third-order valence-corrected chi connectivity index (χ3v) is 3.35. The van der Waals surface area contributed by atoms with Gasteiger partial charge in [-0.25, -0.2) is 4.79 Å². The molecule has 198 valence electrons. The maximum absolute atomic E-state index is 11.3. The van der Waals surface area contributed by atoms with Crippen molar-refractivity contribution < 1.29 is 52.6 Å². The van der Waals surface area contributed by atoms with Crippen LogP contribution in [0.25, 0.3) is 0 Å². The molecule has 0 aromatic carbocycles. The van der Waals surface area contributed by atoms with Crippen molar-refractivity contribution in [1.29, 1.82) is 0 Å². The van der Waals surface area contributed by atoms with Crippen LogP contribution in [0.3, 0.4) is 0 Å². The van der Waals surface area contributed by atoms with Crippen LogP contribution in [-0.4, -0.2) is 123 Å². The minimum atomic E-state index is -0.635. The van der Waals surface area contributed by atoms with E-state index in [9.17, 15) is 4.79 Å². The molecule has 33 heavy (non-hydrogen) atoms. The Kier molecular flexibility index (Phi) is 23.3. The van der Waals surface area contributed by atoms with Crippen LogP contribution in [0.5, 0.6) is 0 Å². The summed E-state index contributed by atoms with van der Waals surface area (Å²) in [6.45, 7) is 11.9.